The minimum atomic E-state index is 0.464. The number of aromatic amines is 1. The summed E-state index contributed by atoms with van der Waals surface area (Å²) < 4.78 is 0. The van der Waals surface area contributed by atoms with Crippen molar-refractivity contribution in [3.63, 3.8) is 0 Å². The predicted octanol–water partition coefficient (Wildman–Crippen LogP) is 1.82. The van der Waals surface area contributed by atoms with Crippen LogP contribution in [-0.4, -0.2) is 22.6 Å². The fourth-order valence-electron chi connectivity index (χ4n) is 1.76. The second-order valence-electron chi connectivity index (χ2n) is 3.72. The molecule has 82 valence electrons. The average molecular weight is 223 g/mol. The highest BCUT2D eigenvalue weighted by Crippen LogP contribution is 2.21. The van der Waals surface area contributed by atoms with Crippen molar-refractivity contribution in [2.24, 2.45) is 4.99 Å². The van der Waals surface area contributed by atoms with E-state index >= 15 is 0 Å². The largest absolute Gasteiger partial charge is 0.328 e. The average Bonchev–Trinajstić information content (AvgIpc) is 2.86. The summed E-state index contributed by atoms with van der Waals surface area (Å²) in [6.07, 6.45) is 5.37. The van der Waals surface area contributed by atoms with Crippen LogP contribution in [0.5, 0.6) is 0 Å². The van der Waals surface area contributed by atoms with E-state index in [1.54, 1.807) is 12.3 Å². The monoisotopic (exact) mass is 223 g/mol. The number of hydrogen-bond donors (Lipinski definition) is 1. The van der Waals surface area contributed by atoms with Crippen molar-refractivity contribution in [1.29, 1.82) is 5.26 Å². The van der Waals surface area contributed by atoms with E-state index in [1.165, 1.54) is 0 Å². The van der Waals surface area contributed by atoms with Crippen LogP contribution in [0, 0.1) is 11.3 Å². The van der Waals surface area contributed by atoms with Gasteiger partial charge in [0, 0.05) is 17.3 Å². The fourth-order valence-corrected chi connectivity index (χ4v) is 1.76. The molecule has 0 radical (unpaired) electrons. The van der Waals surface area contributed by atoms with Crippen LogP contribution in [0.25, 0.3) is 10.9 Å². The maximum atomic E-state index is 8.70. The molecule has 1 aromatic carbocycles. The topological polar surface area (TPSA) is 68.1 Å². The van der Waals surface area contributed by atoms with Gasteiger partial charge in [0.25, 0.3) is 0 Å². The molecule has 5 heteroatoms. The lowest BCUT2D eigenvalue weighted by molar-refractivity contribution is 0.966. The molecule has 1 aliphatic rings. The highest BCUT2D eigenvalue weighted by atomic mass is 15.2. The molecule has 0 atom stereocenters. The van der Waals surface area contributed by atoms with Gasteiger partial charge in [-0.25, -0.2) is 0 Å². The van der Waals surface area contributed by atoms with E-state index in [9.17, 15) is 0 Å². The summed E-state index contributed by atoms with van der Waals surface area (Å²) in [5, 5.41) is 16.6. The van der Waals surface area contributed by atoms with Gasteiger partial charge in [0.2, 0.25) is 0 Å². The molecule has 0 aliphatic carbocycles. The van der Waals surface area contributed by atoms with E-state index in [0.717, 1.165) is 16.6 Å². The van der Waals surface area contributed by atoms with E-state index in [1.807, 2.05) is 35.4 Å². The van der Waals surface area contributed by atoms with Crippen LogP contribution in [0.3, 0.4) is 0 Å². The Balaban J connectivity index is 1.93. The van der Waals surface area contributed by atoms with Gasteiger partial charge < -0.3 is 4.90 Å². The Morgan fingerprint density at radius 1 is 1.41 bits per heavy atom. The lowest BCUT2D eigenvalue weighted by Gasteiger charge is -2.20. The predicted molar refractivity (Wildman–Crippen MR) is 65.6 cm³/mol. The van der Waals surface area contributed by atoms with Crippen molar-refractivity contribution >= 4 is 22.3 Å². The molecular weight excluding hydrogens is 214 g/mol. The van der Waals surface area contributed by atoms with E-state index in [2.05, 4.69) is 15.2 Å². The Bertz CT molecular complexity index is 659. The Labute approximate surface area is 97.7 Å². The van der Waals surface area contributed by atoms with Crippen molar-refractivity contribution in [3.05, 3.63) is 36.7 Å². The minimum absolute atomic E-state index is 0.464. The number of rotatable bonds is 1. The molecule has 1 N–H and O–H groups in total. The summed E-state index contributed by atoms with van der Waals surface area (Å²) >= 11 is 0. The third-order valence-electron chi connectivity index (χ3n) is 2.68. The third kappa shape index (κ3) is 1.66. The standard InChI is InChI=1S/C12H9N5/c13-6-10-3-4-17(8-14-10)11-1-2-12-9(5-11)7-15-16-12/h1-5,7H,8H2,(H,15,16). The first-order chi connectivity index (χ1) is 8.36. The normalized spacial score (nSPS) is 14.8. The number of H-pyrrole nitrogens is 1. The van der Waals surface area contributed by atoms with Crippen molar-refractivity contribution in [1.82, 2.24) is 10.2 Å². The SMILES string of the molecule is N#CC1=NCN(c2ccc3[nH]ncc3c2)C=C1. The highest BCUT2D eigenvalue weighted by molar-refractivity contribution is 6.07. The zero-order chi connectivity index (χ0) is 11.7. The van der Waals surface area contributed by atoms with Gasteiger partial charge in [-0.3, -0.25) is 10.1 Å². The molecule has 2 heterocycles. The number of hydrogen-bond acceptors (Lipinski definition) is 4. The van der Waals surface area contributed by atoms with Crippen LogP contribution >= 0.6 is 0 Å². The molecule has 0 spiro atoms. The number of anilines is 1. The number of fused-ring (bicyclic) bond motifs is 1. The van der Waals surface area contributed by atoms with Gasteiger partial charge in [-0.1, -0.05) is 0 Å². The molecular formula is C12H9N5. The fraction of sp³-hybridized carbons (Fsp3) is 0.0833. The van der Waals surface area contributed by atoms with Gasteiger partial charge in [0.1, 0.15) is 18.4 Å². The van der Waals surface area contributed by atoms with E-state index < -0.39 is 0 Å². The number of nitriles is 1. The number of benzene rings is 1. The van der Waals surface area contributed by atoms with Gasteiger partial charge in [-0.15, -0.1) is 0 Å². The molecule has 0 amide bonds. The van der Waals surface area contributed by atoms with Crippen molar-refractivity contribution in [3.8, 4) is 6.07 Å². The summed E-state index contributed by atoms with van der Waals surface area (Å²) in [5.41, 5.74) is 2.51. The highest BCUT2D eigenvalue weighted by Gasteiger charge is 2.08. The van der Waals surface area contributed by atoms with E-state index in [4.69, 9.17) is 5.26 Å². The first-order valence-corrected chi connectivity index (χ1v) is 5.19. The number of nitrogens with zero attached hydrogens (tertiary/aromatic N) is 4. The van der Waals surface area contributed by atoms with E-state index in [-0.39, 0.29) is 0 Å². The van der Waals surface area contributed by atoms with Crippen molar-refractivity contribution in [2.75, 3.05) is 11.6 Å². The lowest BCUT2D eigenvalue weighted by Crippen LogP contribution is -2.20. The van der Waals surface area contributed by atoms with Crippen LogP contribution in [0.1, 0.15) is 0 Å². The van der Waals surface area contributed by atoms with Crippen LogP contribution in [0.4, 0.5) is 5.69 Å². The van der Waals surface area contributed by atoms with Gasteiger partial charge in [0.05, 0.1) is 11.7 Å². The maximum absolute atomic E-state index is 8.70. The smallest absolute Gasteiger partial charge is 0.138 e. The Hall–Kier alpha value is -2.61. The summed E-state index contributed by atoms with van der Waals surface area (Å²) in [7, 11) is 0. The molecule has 0 saturated carbocycles. The first-order valence-electron chi connectivity index (χ1n) is 5.19. The second kappa shape index (κ2) is 3.76. The van der Waals surface area contributed by atoms with Gasteiger partial charge in [0.15, 0.2) is 0 Å². The molecule has 5 nitrogen and oxygen atoms in total. The van der Waals surface area contributed by atoms with Crippen LogP contribution in [0.15, 0.2) is 41.7 Å². The molecule has 2 aromatic rings. The number of aromatic nitrogens is 2. The van der Waals surface area contributed by atoms with Crippen LogP contribution < -0.4 is 4.90 Å². The number of nitrogens with one attached hydrogen (secondary N) is 1. The van der Waals surface area contributed by atoms with Gasteiger partial charge in [-0.2, -0.15) is 10.4 Å². The number of allylic oxidation sites excluding steroid dienone is 1. The first kappa shape index (κ1) is 9.60. The minimum Gasteiger partial charge on any atom is -0.328 e. The second-order valence-corrected chi connectivity index (χ2v) is 3.72. The molecule has 0 unspecified atom stereocenters. The molecule has 0 bridgehead atoms. The zero-order valence-electron chi connectivity index (χ0n) is 8.96. The quantitative estimate of drug-likeness (QED) is 0.801. The van der Waals surface area contributed by atoms with Crippen LogP contribution in [0.2, 0.25) is 0 Å². The van der Waals surface area contributed by atoms with E-state index in [0.29, 0.717) is 12.4 Å². The molecule has 0 saturated heterocycles. The van der Waals surface area contributed by atoms with Gasteiger partial charge >= 0.3 is 0 Å². The van der Waals surface area contributed by atoms with Crippen molar-refractivity contribution < 1.29 is 0 Å². The summed E-state index contributed by atoms with van der Waals surface area (Å²) in [6.45, 7) is 0.475. The summed E-state index contributed by atoms with van der Waals surface area (Å²) in [5.74, 6) is 0. The van der Waals surface area contributed by atoms with Crippen molar-refractivity contribution in [2.45, 2.75) is 0 Å². The third-order valence-corrected chi connectivity index (χ3v) is 2.68. The lowest BCUT2D eigenvalue weighted by atomic mass is 10.2. The Kier molecular flexibility index (Phi) is 2.12. The summed E-state index contributed by atoms with van der Waals surface area (Å²) in [6, 6.07) is 8.04. The summed E-state index contributed by atoms with van der Waals surface area (Å²) in [4.78, 5) is 6.12. The molecule has 1 aromatic heterocycles. The Morgan fingerprint density at radius 2 is 2.35 bits per heavy atom. The molecule has 0 fully saturated rings. The Morgan fingerprint density at radius 3 is 3.12 bits per heavy atom. The zero-order valence-corrected chi connectivity index (χ0v) is 8.96. The molecule has 17 heavy (non-hydrogen) atoms. The molecule has 3 rings (SSSR count). The molecule has 1 aliphatic heterocycles. The number of aliphatic imine (C=N–C) groups is 1. The van der Waals surface area contributed by atoms with Crippen LogP contribution in [-0.2, 0) is 0 Å². The maximum Gasteiger partial charge on any atom is 0.138 e. The van der Waals surface area contributed by atoms with Gasteiger partial charge in [-0.05, 0) is 24.3 Å².